The Bertz CT molecular complexity index is 659. The number of benzene rings is 1. The van der Waals surface area contributed by atoms with E-state index in [1.54, 1.807) is 48.3 Å². The summed E-state index contributed by atoms with van der Waals surface area (Å²) in [6.07, 6.45) is 4.75. The fourth-order valence-electron chi connectivity index (χ4n) is 1.68. The van der Waals surface area contributed by atoms with Crippen molar-refractivity contribution in [2.75, 3.05) is 0 Å². The third-order valence-electron chi connectivity index (χ3n) is 2.78. The van der Waals surface area contributed by atoms with Crippen molar-refractivity contribution in [3.63, 3.8) is 0 Å². The monoisotopic (exact) mass is 281 g/mol. The Hall–Kier alpha value is -1.66. The zero-order valence-electron chi connectivity index (χ0n) is 11.1. The molecule has 2 aromatic rings. The SMILES string of the molecule is Cc1ccc(S(=O)(=O)OC(C)n2cc[n+](C)c2)cc1. The lowest BCUT2D eigenvalue weighted by atomic mass is 10.2. The summed E-state index contributed by atoms with van der Waals surface area (Å²) in [5.41, 5.74) is 1.00. The number of aryl methyl sites for hydroxylation is 2. The van der Waals surface area contributed by atoms with Crippen molar-refractivity contribution < 1.29 is 17.2 Å². The molecule has 0 saturated heterocycles. The van der Waals surface area contributed by atoms with Crippen LogP contribution in [0.25, 0.3) is 0 Å². The van der Waals surface area contributed by atoms with Crippen molar-refractivity contribution in [1.82, 2.24) is 4.57 Å². The first-order valence-electron chi connectivity index (χ1n) is 5.91. The second-order valence-corrected chi connectivity index (χ2v) is 6.06. The van der Waals surface area contributed by atoms with Gasteiger partial charge >= 0.3 is 10.1 Å². The predicted octanol–water partition coefficient (Wildman–Crippen LogP) is 1.55. The van der Waals surface area contributed by atoms with Crippen LogP contribution in [0.4, 0.5) is 0 Å². The third-order valence-corrected chi connectivity index (χ3v) is 4.17. The van der Waals surface area contributed by atoms with E-state index in [9.17, 15) is 8.42 Å². The minimum absolute atomic E-state index is 0.168. The summed E-state index contributed by atoms with van der Waals surface area (Å²) in [7, 11) is -1.89. The highest BCUT2D eigenvalue weighted by Crippen LogP contribution is 2.18. The van der Waals surface area contributed by atoms with Crippen molar-refractivity contribution in [1.29, 1.82) is 0 Å². The second kappa shape index (κ2) is 5.14. The Labute approximate surface area is 113 Å². The molecule has 6 heteroatoms. The van der Waals surface area contributed by atoms with Crippen LogP contribution in [-0.4, -0.2) is 13.0 Å². The molecule has 0 aliphatic rings. The van der Waals surface area contributed by atoms with Gasteiger partial charge in [0.2, 0.25) is 12.6 Å². The van der Waals surface area contributed by atoms with Gasteiger partial charge in [0, 0.05) is 6.92 Å². The molecule has 5 nitrogen and oxygen atoms in total. The Morgan fingerprint density at radius 1 is 1.26 bits per heavy atom. The molecule has 1 aromatic heterocycles. The summed E-state index contributed by atoms with van der Waals surface area (Å²) in [5, 5.41) is 0. The summed E-state index contributed by atoms with van der Waals surface area (Å²) in [5.74, 6) is 0. The highest BCUT2D eigenvalue weighted by atomic mass is 32.2. The van der Waals surface area contributed by atoms with E-state index in [1.165, 1.54) is 0 Å². The molecule has 1 aromatic carbocycles. The lowest BCUT2D eigenvalue weighted by Gasteiger charge is -2.10. The molecule has 0 radical (unpaired) electrons. The first-order chi connectivity index (χ1) is 8.88. The van der Waals surface area contributed by atoms with Gasteiger partial charge in [-0.05, 0) is 19.1 Å². The Morgan fingerprint density at radius 2 is 1.89 bits per heavy atom. The molecule has 0 fully saturated rings. The van der Waals surface area contributed by atoms with E-state index in [1.807, 2.05) is 24.7 Å². The fourth-order valence-corrected chi connectivity index (χ4v) is 2.72. The average molecular weight is 281 g/mol. The van der Waals surface area contributed by atoms with Crippen molar-refractivity contribution in [2.45, 2.75) is 25.0 Å². The van der Waals surface area contributed by atoms with Gasteiger partial charge in [0.25, 0.3) is 0 Å². The summed E-state index contributed by atoms with van der Waals surface area (Å²) >= 11 is 0. The van der Waals surface area contributed by atoms with Crippen LogP contribution in [0, 0.1) is 6.92 Å². The maximum Gasteiger partial charge on any atom is 0.300 e. The first kappa shape index (κ1) is 13.8. The van der Waals surface area contributed by atoms with Gasteiger partial charge in [0.15, 0.2) is 0 Å². The third kappa shape index (κ3) is 3.21. The van der Waals surface area contributed by atoms with Crippen LogP contribution in [0.1, 0.15) is 18.7 Å². The Balaban J connectivity index is 2.19. The van der Waals surface area contributed by atoms with Gasteiger partial charge in [-0.15, -0.1) is 0 Å². The molecule has 0 amide bonds. The highest BCUT2D eigenvalue weighted by Gasteiger charge is 2.22. The van der Waals surface area contributed by atoms with Gasteiger partial charge in [0.1, 0.15) is 12.4 Å². The molecule has 2 rings (SSSR count). The van der Waals surface area contributed by atoms with Gasteiger partial charge in [-0.3, -0.25) is 0 Å². The van der Waals surface area contributed by atoms with E-state index in [2.05, 4.69) is 0 Å². The predicted molar refractivity (Wildman–Crippen MR) is 69.8 cm³/mol. The molecule has 0 saturated carbocycles. The van der Waals surface area contributed by atoms with Gasteiger partial charge in [-0.2, -0.15) is 8.42 Å². The molecular weight excluding hydrogens is 264 g/mol. The van der Waals surface area contributed by atoms with E-state index >= 15 is 0 Å². The number of imidazole rings is 1. The van der Waals surface area contributed by atoms with Gasteiger partial charge in [0.05, 0.1) is 11.9 Å². The fraction of sp³-hybridized carbons (Fsp3) is 0.308. The van der Waals surface area contributed by atoms with Crippen LogP contribution >= 0.6 is 0 Å². The number of hydrogen-bond donors (Lipinski definition) is 0. The normalized spacial score (nSPS) is 13.4. The summed E-state index contributed by atoms with van der Waals surface area (Å²) in [6.45, 7) is 3.59. The van der Waals surface area contributed by atoms with Crippen molar-refractivity contribution >= 4 is 10.1 Å². The van der Waals surface area contributed by atoms with Crippen molar-refractivity contribution in [2.24, 2.45) is 7.05 Å². The minimum Gasteiger partial charge on any atom is -0.239 e. The summed E-state index contributed by atoms with van der Waals surface area (Å²) < 4.78 is 32.9. The largest absolute Gasteiger partial charge is 0.300 e. The number of aromatic nitrogens is 2. The average Bonchev–Trinajstić information content (AvgIpc) is 2.76. The van der Waals surface area contributed by atoms with E-state index in [4.69, 9.17) is 4.18 Å². The molecular formula is C13H17N2O3S+. The van der Waals surface area contributed by atoms with Crippen LogP contribution in [0.2, 0.25) is 0 Å². The smallest absolute Gasteiger partial charge is 0.239 e. The molecule has 1 atom stereocenters. The number of hydrogen-bond acceptors (Lipinski definition) is 3. The van der Waals surface area contributed by atoms with Crippen LogP contribution in [0.15, 0.2) is 47.9 Å². The minimum atomic E-state index is -3.75. The lowest BCUT2D eigenvalue weighted by Crippen LogP contribution is -2.24. The van der Waals surface area contributed by atoms with Crippen LogP contribution < -0.4 is 4.57 Å². The van der Waals surface area contributed by atoms with Gasteiger partial charge in [-0.25, -0.2) is 13.3 Å². The number of rotatable bonds is 4. The molecule has 0 N–H and O–H groups in total. The zero-order chi connectivity index (χ0) is 14.0. The molecule has 0 aliphatic heterocycles. The number of nitrogens with zero attached hydrogens (tertiary/aromatic N) is 2. The molecule has 1 heterocycles. The molecule has 0 bridgehead atoms. The Kier molecular flexibility index (Phi) is 3.73. The molecule has 0 aliphatic carbocycles. The molecule has 102 valence electrons. The van der Waals surface area contributed by atoms with E-state index in [0.29, 0.717) is 0 Å². The standard InChI is InChI=1S/C13H17N2O3S/c1-11-4-6-13(7-5-11)19(16,17)18-12(2)15-9-8-14(3)10-15/h4-10,12H,1-3H3/q+1. The zero-order valence-corrected chi connectivity index (χ0v) is 12.0. The maximum absolute atomic E-state index is 12.1. The van der Waals surface area contributed by atoms with Crippen LogP contribution in [0.5, 0.6) is 0 Å². The van der Waals surface area contributed by atoms with Gasteiger partial charge < -0.3 is 0 Å². The molecule has 19 heavy (non-hydrogen) atoms. The van der Waals surface area contributed by atoms with Crippen molar-refractivity contribution in [3.8, 4) is 0 Å². The van der Waals surface area contributed by atoms with E-state index < -0.39 is 16.3 Å². The first-order valence-corrected chi connectivity index (χ1v) is 7.32. The van der Waals surface area contributed by atoms with Crippen LogP contribution in [0.3, 0.4) is 0 Å². The highest BCUT2D eigenvalue weighted by molar-refractivity contribution is 7.86. The second-order valence-electron chi connectivity index (χ2n) is 4.49. The quantitative estimate of drug-likeness (QED) is 0.631. The molecule has 1 unspecified atom stereocenters. The van der Waals surface area contributed by atoms with Crippen LogP contribution in [-0.2, 0) is 21.3 Å². The van der Waals surface area contributed by atoms with E-state index in [0.717, 1.165) is 5.56 Å². The maximum atomic E-state index is 12.1. The van der Waals surface area contributed by atoms with Crippen molar-refractivity contribution in [3.05, 3.63) is 48.5 Å². The summed E-state index contributed by atoms with van der Waals surface area (Å²) in [4.78, 5) is 0.168. The molecule has 0 spiro atoms. The topological polar surface area (TPSA) is 52.2 Å². The summed E-state index contributed by atoms with van der Waals surface area (Å²) in [6, 6.07) is 6.59. The Morgan fingerprint density at radius 3 is 2.42 bits per heavy atom. The van der Waals surface area contributed by atoms with E-state index in [-0.39, 0.29) is 4.90 Å². The lowest BCUT2D eigenvalue weighted by molar-refractivity contribution is -0.671. The van der Waals surface area contributed by atoms with Gasteiger partial charge in [-0.1, -0.05) is 17.7 Å².